The molecule has 3 atom stereocenters. The SMILES string of the molecule is CCC(NC[C@H](C)O)C1CCOC1. The molecule has 0 spiro atoms. The highest BCUT2D eigenvalue weighted by atomic mass is 16.5. The molecule has 0 bridgehead atoms. The standard InChI is InChI=1S/C10H21NO2/c1-3-10(11-6-8(2)12)9-4-5-13-7-9/h8-12H,3-7H2,1-2H3/t8-,9?,10?/m0/s1. The number of aliphatic hydroxyl groups excluding tert-OH is 1. The fourth-order valence-electron chi connectivity index (χ4n) is 1.84. The molecule has 1 heterocycles. The minimum absolute atomic E-state index is 0.253. The first-order valence-electron chi connectivity index (χ1n) is 5.23. The summed E-state index contributed by atoms with van der Waals surface area (Å²) in [6, 6.07) is 0.511. The van der Waals surface area contributed by atoms with Crippen molar-refractivity contribution in [2.75, 3.05) is 19.8 Å². The van der Waals surface area contributed by atoms with E-state index in [9.17, 15) is 0 Å². The number of hydrogen-bond acceptors (Lipinski definition) is 3. The monoisotopic (exact) mass is 187 g/mol. The lowest BCUT2D eigenvalue weighted by Gasteiger charge is -2.23. The maximum atomic E-state index is 9.15. The maximum Gasteiger partial charge on any atom is 0.0636 e. The molecule has 2 N–H and O–H groups in total. The predicted molar refractivity (Wildman–Crippen MR) is 52.7 cm³/mol. The fourth-order valence-corrected chi connectivity index (χ4v) is 1.84. The largest absolute Gasteiger partial charge is 0.392 e. The van der Waals surface area contributed by atoms with Gasteiger partial charge in [-0.05, 0) is 25.7 Å². The first kappa shape index (κ1) is 11.0. The highest BCUT2D eigenvalue weighted by Gasteiger charge is 2.23. The Hall–Kier alpha value is -0.120. The molecule has 0 saturated carbocycles. The fraction of sp³-hybridized carbons (Fsp3) is 1.00. The van der Waals surface area contributed by atoms with Gasteiger partial charge in [-0.1, -0.05) is 6.92 Å². The molecule has 0 aliphatic carbocycles. The van der Waals surface area contributed by atoms with Gasteiger partial charge in [0, 0.05) is 19.2 Å². The van der Waals surface area contributed by atoms with Crippen LogP contribution in [0, 0.1) is 5.92 Å². The number of nitrogens with one attached hydrogen (secondary N) is 1. The molecule has 1 aliphatic rings. The lowest BCUT2D eigenvalue weighted by atomic mass is 9.97. The molecule has 1 fully saturated rings. The van der Waals surface area contributed by atoms with Crippen molar-refractivity contribution in [3.63, 3.8) is 0 Å². The van der Waals surface area contributed by atoms with Crippen molar-refractivity contribution in [2.45, 2.75) is 38.8 Å². The van der Waals surface area contributed by atoms with E-state index in [-0.39, 0.29) is 6.10 Å². The van der Waals surface area contributed by atoms with E-state index in [0.29, 0.717) is 18.5 Å². The third-order valence-corrected chi connectivity index (χ3v) is 2.65. The highest BCUT2D eigenvalue weighted by molar-refractivity contribution is 4.78. The Morgan fingerprint density at radius 2 is 2.38 bits per heavy atom. The van der Waals surface area contributed by atoms with Gasteiger partial charge in [-0.3, -0.25) is 0 Å². The quantitative estimate of drug-likeness (QED) is 0.668. The Balaban J connectivity index is 2.24. The van der Waals surface area contributed by atoms with Crippen LogP contribution in [0.1, 0.15) is 26.7 Å². The summed E-state index contributed by atoms with van der Waals surface area (Å²) < 4.78 is 5.34. The van der Waals surface area contributed by atoms with Crippen LogP contribution >= 0.6 is 0 Å². The third-order valence-electron chi connectivity index (χ3n) is 2.65. The summed E-state index contributed by atoms with van der Waals surface area (Å²) in [5.74, 6) is 0.642. The molecule has 13 heavy (non-hydrogen) atoms. The summed E-state index contributed by atoms with van der Waals surface area (Å²) in [7, 11) is 0. The maximum absolute atomic E-state index is 9.15. The zero-order chi connectivity index (χ0) is 9.68. The first-order chi connectivity index (χ1) is 6.24. The lowest BCUT2D eigenvalue weighted by Crippen LogP contribution is -2.39. The van der Waals surface area contributed by atoms with Crippen LogP contribution in [0.15, 0.2) is 0 Å². The molecule has 2 unspecified atom stereocenters. The molecule has 0 aromatic rings. The second-order valence-corrected chi connectivity index (χ2v) is 3.90. The van der Waals surface area contributed by atoms with E-state index in [1.807, 2.05) is 6.92 Å². The highest BCUT2D eigenvalue weighted by Crippen LogP contribution is 2.18. The molecular weight excluding hydrogens is 166 g/mol. The van der Waals surface area contributed by atoms with E-state index in [1.165, 1.54) is 0 Å². The van der Waals surface area contributed by atoms with Gasteiger partial charge in [0.2, 0.25) is 0 Å². The smallest absolute Gasteiger partial charge is 0.0636 e. The number of ether oxygens (including phenoxy) is 1. The van der Waals surface area contributed by atoms with Crippen molar-refractivity contribution < 1.29 is 9.84 Å². The summed E-state index contributed by atoms with van der Waals surface area (Å²) in [6.45, 7) is 6.46. The van der Waals surface area contributed by atoms with Gasteiger partial charge in [0.05, 0.1) is 12.7 Å². The molecule has 1 rings (SSSR count). The van der Waals surface area contributed by atoms with Crippen molar-refractivity contribution in [3.8, 4) is 0 Å². The van der Waals surface area contributed by atoms with Crippen LogP contribution in [0.5, 0.6) is 0 Å². The van der Waals surface area contributed by atoms with Crippen LogP contribution in [-0.2, 0) is 4.74 Å². The average molecular weight is 187 g/mol. The van der Waals surface area contributed by atoms with Crippen LogP contribution in [0.4, 0.5) is 0 Å². The van der Waals surface area contributed by atoms with Crippen LogP contribution in [-0.4, -0.2) is 37.0 Å². The van der Waals surface area contributed by atoms with E-state index < -0.39 is 0 Å². The van der Waals surface area contributed by atoms with Gasteiger partial charge in [0.15, 0.2) is 0 Å². The summed E-state index contributed by atoms with van der Waals surface area (Å²) in [5.41, 5.74) is 0. The van der Waals surface area contributed by atoms with Crippen molar-refractivity contribution in [3.05, 3.63) is 0 Å². The van der Waals surface area contributed by atoms with Crippen molar-refractivity contribution in [1.29, 1.82) is 0 Å². The van der Waals surface area contributed by atoms with Gasteiger partial charge in [-0.25, -0.2) is 0 Å². The molecule has 0 aromatic heterocycles. The van der Waals surface area contributed by atoms with Gasteiger partial charge in [0.1, 0.15) is 0 Å². The second-order valence-electron chi connectivity index (χ2n) is 3.90. The van der Waals surface area contributed by atoms with Crippen LogP contribution in [0.25, 0.3) is 0 Å². The molecule has 0 amide bonds. The summed E-state index contributed by atoms with van der Waals surface area (Å²) >= 11 is 0. The van der Waals surface area contributed by atoms with Crippen LogP contribution < -0.4 is 5.32 Å². The van der Waals surface area contributed by atoms with E-state index in [2.05, 4.69) is 12.2 Å². The Labute approximate surface area is 80.5 Å². The minimum atomic E-state index is -0.253. The molecule has 1 saturated heterocycles. The minimum Gasteiger partial charge on any atom is -0.392 e. The van der Waals surface area contributed by atoms with Gasteiger partial charge in [-0.2, -0.15) is 0 Å². The number of hydrogen-bond donors (Lipinski definition) is 2. The van der Waals surface area contributed by atoms with Crippen molar-refractivity contribution >= 4 is 0 Å². The van der Waals surface area contributed by atoms with Gasteiger partial charge in [-0.15, -0.1) is 0 Å². The first-order valence-corrected chi connectivity index (χ1v) is 5.23. The Morgan fingerprint density at radius 1 is 1.62 bits per heavy atom. The van der Waals surface area contributed by atoms with Gasteiger partial charge in [0.25, 0.3) is 0 Å². The zero-order valence-corrected chi connectivity index (χ0v) is 8.62. The van der Waals surface area contributed by atoms with E-state index in [0.717, 1.165) is 26.1 Å². The van der Waals surface area contributed by atoms with Crippen LogP contribution in [0.3, 0.4) is 0 Å². The van der Waals surface area contributed by atoms with E-state index in [4.69, 9.17) is 9.84 Å². The van der Waals surface area contributed by atoms with Crippen molar-refractivity contribution in [2.24, 2.45) is 5.92 Å². The molecule has 3 heteroatoms. The molecule has 78 valence electrons. The summed E-state index contributed by atoms with van der Waals surface area (Å²) in [5, 5.41) is 12.5. The summed E-state index contributed by atoms with van der Waals surface area (Å²) in [4.78, 5) is 0. The molecule has 3 nitrogen and oxygen atoms in total. The molecule has 0 radical (unpaired) electrons. The Kier molecular flexibility index (Phi) is 4.70. The van der Waals surface area contributed by atoms with E-state index in [1.54, 1.807) is 0 Å². The predicted octanol–water partition coefficient (Wildman–Crippen LogP) is 0.772. The molecular formula is C10H21NO2. The normalized spacial score (nSPS) is 27.5. The van der Waals surface area contributed by atoms with Gasteiger partial charge < -0.3 is 15.2 Å². The Morgan fingerprint density at radius 3 is 2.85 bits per heavy atom. The lowest BCUT2D eigenvalue weighted by molar-refractivity contribution is 0.160. The number of rotatable bonds is 5. The third kappa shape index (κ3) is 3.63. The topological polar surface area (TPSA) is 41.5 Å². The van der Waals surface area contributed by atoms with Gasteiger partial charge >= 0.3 is 0 Å². The second kappa shape index (κ2) is 5.58. The van der Waals surface area contributed by atoms with E-state index >= 15 is 0 Å². The van der Waals surface area contributed by atoms with Crippen molar-refractivity contribution in [1.82, 2.24) is 5.32 Å². The number of aliphatic hydroxyl groups is 1. The zero-order valence-electron chi connectivity index (χ0n) is 8.62. The summed E-state index contributed by atoms with van der Waals surface area (Å²) in [6.07, 6.45) is 2.02. The molecule has 0 aromatic carbocycles. The molecule has 1 aliphatic heterocycles. The van der Waals surface area contributed by atoms with Crippen LogP contribution in [0.2, 0.25) is 0 Å². The average Bonchev–Trinajstić information content (AvgIpc) is 2.58. The Bertz CT molecular complexity index is 133.